The van der Waals surface area contributed by atoms with Gasteiger partial charge in [-0.25, -0.2) is 0 Å². The van der Waals surface area contributed by atoms with Crippen LogP contribution in [0.25, 0.3) is 0 Å². The lowest BCUT2D eigenvalue weighted by molar-refractivity contribution is -0.921. The summed E-state index contributed by atoms with van der Waals surface area (Å²) >= 11 is 0. The predicted molar refractivity (Wildman–Crippen MR) is 57.9 cm³/mol. The van der Waals surface area contributed by atoms with Gasteiger partial charge in [0.05, 0.1) is 26.2 Å². The Morgan fingerprint density at radius 2 is 0.917 bits per heavy atom. The number of rotatable bonds is 4. The first kappa shape index (κ1) is 22.8. The van der Waals surface area contributed by atoms with Crippen LogP contribution in [-0.4, -0.2) is 59.0 Å². The van der Waals surface area contributed by atoms with Gasteiger partial charge in [0.2, 0.25) is 0 Å². The Morgan fingerprint density at radius 3 is 0.917 bits per heavy atom. The van der Waals surface area contributed by atoms with Gasteiger partial charge < -0.3 is 15.4 Å². The Kier molecular flexibility index (Phi) is 21.7. The molecule has 0 fully saturated rings. The fraction of sp³-hybridized carbons (Fsp3) is 1.00. The summed E-state index contributed by atoms with van der Waals surface area (Å²) < 4.78 is 1.28. The highest BCUT2D eigenvalue weighted by molar-refractivity contribution is 5.75. The molecule has 0 heterocycles. The highest BCUT2D eigenvalue weighted by atomic mass is 27.0. The molecule has 78 valence electrons. The molecule has 0 aliphatic heterocycles. The zero-order valence-corrected chi connectivity index (χ0v) is 8.22. The van der Waals surface area contributed by atoms with Gasteiger partial charge in [-0.3, -0.25) is 0 Å². The summed E-state index contributed by atoms with van der Waals surface area (Å²) in [6, 6.07) is 0. The van der Waals surface area contributed by atoms with Crippen LogP contribution >= 0.6 is 0 Å². The third-order valence-corrected chi connectivity index (χ3v) is 2.68. The largest absolute Gasteiger partial charge is 0.870 e. The van der Waals surface area contributed by atoms with Crippen molar-refractivity contribution in [3.05, 3.63) is 0 Å². The Hall–Kier alpha value is 0.412. The maximum Gasteiger partial charge on any atom is 0.187 e. The SMILES string of the molecule is CC[N+](CC)(CC)CC.O.[AlH3].[OH-]. The first-order valence-electron chi connectivity index (χ1n) is 4.09. The Balaban J connectivity index is -0.000000107. The summed E-state index contributed by atoms with van der Waals surface area (Å²) in [5.74, 6) is 0. The monoisotopic (exact) mass is 195 g/mol. The van der Waals surface area contributed by atoms with Gasteiger partial charge in [0, 0.05) is 0 Å². The zero-order valence-electron chi connectivity index (χ0n) is 8.22. The lowest BCUT2D eigenvalue weighted by Crippen LogP contribution is -2.47. The summed E-state index contributed by atoms with van der Waals surface area (Å²) in [4.78, 5) is 0. The molecule has 0 spiro atoms. The van der Waals surface area contributed by atoms with E-state index in [1.807, 2.05) is 0 Å². The summed E-state index contributed by atoms with van der Waals surface area (Å²) in [6.45, 7) is 14.2. The van der Waals surface area contributed by atoms with Crippen LogP contribution in [0.3, 0.4) is 0 Å². The number of quaternary nitrogens is 1. The second-order valence-electron chi connectivity index (χ2n) is 2.61. The van der Waals surface area contributed by atoms with E-state index < -0.39 is 0 Å². The molecule has 3 N–H and O–H groups in total. The minimum atomic E-state index is 0. The average molecular weight is 195 g/mol. The fourth-order valence-corrected chi connectivity index (χ4v) is 1.34. The van der Waals surface area contributed by atoms with Gasteiger partial charge in [0.25, 0.3) is 0 Å². The number of hydrogen-bond acceptors (Lipinski definition) is 1. The van der Waals surface area contributed by atoms with Crippen LogP contribution in [-0.2, 0) is 0 Å². The number of hydrogen-bond donors (Lipinski definition) is 0. The predicted octanol–water partition coefficient (Wildman–Crippen LogP) is -0.303. The highest BCUT2D eigenvalue weighted by Gasteiger charge is 2.16. The van der Waals surface area contributed by atoms with E-state index in [-0.39, 0.29) is 28.3 Å². The molecule has 0 aliphatic rings. The highest BCUT2D eigenvalue weighted by Crippen LogP contribution is 2.03. The molecule has 0 saturated heterocycles. The van der Waals surface area contributed by atoms with Crippen molar-refractivity contribution in [2.45, 2.75) is 27.7 Å². The summed E-state index contributed by atoms with van der Waals surface area (Å²) in [5.41, 5.74) is 0. The van der Waals surface area contributed by atoms with E-state index in [0.29, 0.717) is 0 Å². The van der Waals surface area contributed by atoms with Gasteiger partial charge in [-0.1, -0.05) is 0 Å². The summed E-state index contributed by atoms with van der Waals surface area (Å²) in [7, 11) is 0. The fourth-order valence-electron chi connectivity index (χ4n) is 1.34. The normalized spacial score (nSPS) is 9.00. The molecule has 0 bridgehead atoms. The maximum absolute atomic E-state index is 2.27. The molecule has 0 radical (unpaired) electrons. The first-order valence-corrected chi connectivity index (χ1v) is 4.09. The van der Waals surface area contributed by atoms with Crippen molar-refractivity contribution < 1.29 is 15.4 Å². The molecule has 0 rings (SSSR count). The Morgan fingerprint density at radius 1 is 0.750 bits per heavy atom. The molecule has 4 heteroatoms. The molecule has 0 aromatic rings. The second kappa shape index (κ2) is 11.4. The lowest BCUT2D eigenvalue weighted by atomic mass is 10.3. The first-order chi connectivity index (χ1) is 4.24. The molecule has 3 nitrogen and oxygen atoms in total. The van der Waals surface area contributed by atoms with E-state index >= 15 is 0 Å². The molecule has 0 aliphatic carbocycles. The second-order valence-corrected chi connectivity index (χ2v) is 2.61. The van der Waals surface area contributed by atoms with Gasteiger partial charge in [0.1, 0.15) is 0 Å². The van der Waals surface area contributed by atoms with Crippen LogP contribution in [0, 0.1) is 0 Å². The molecule has 0 amide bonds. The van der Waals surface area contributed by atoms with E-state index in [1.165, 1.54) is 30.7 Å². The molecular formula is C8H26AlNO2. The van der Waals surface area contributed by atoms with Crippen LogP contribution in [0.1, 0.15) is 27.7 Å². The zero-order chi connectivity index (χ0) is 7.33. The Labute approximate surface area is 87.1 Å². The average Bonchev–Trinajstić information content (AvgIpc) is 1.95. The van der Waals surface area contributed by atoms with E-state index in [2.05, 4.69) is 27.7 Å². The van der Waals surface area contributed by atoms with Crippen LogP contribution in [0.4, 0.5) is 0 Å². The van der Waals surface area contributed by atoms with Crippen molar-refractivity contribution in [3.8, 4) is 0 Å². The van der Waals surface area contributed by atoms with Gasteiger partial charge in [-0.2, -0.15) is 0 Å². The van der Waals surface area contributed by atoms with Gasteiger partial charge in [-0.15, -0.1) is 0 Å². The van der Waals surface area contributed by atoms with Crippen molar-refractivity contribution >= 4 is 17.4 Å². The molecule has 0 aromatic heterocycles. The third kappa shape index (κ3) is 5.99. The van der Waals surface area contributed by atoms with Crippen molar-refractivity contribution in [1.29, 1.82) is 0 Å². The van der Waals surface area contributed by atoms with Crippen molar-refractivity contribution in [2.24, 2.45) is 0 Å². The molecule has 0 unspecified atom stereocenters. The molecule has 12 heavy (non-hydrogen) atoms. The smallest absolute Gasteiger partial charge is 0.187 e. The van der Waals surface area contributed by atoms with Crippen LogP contribution in [0.5, 0.6) is 0 Å². The van der Waals surface area contributed by atoms with E-state index in [1.54, 1.807) is 0 Å². The van der Waals surface area contributed by atoms with E-state index in [9.17, 15) is 0 Å². The van der Waals surface area contributed by atoms with Gasteiger partial charge >= 0.3 is 0 Å². The molecule has 0 saturated carbocycles. The third-order valence-electron chi connectivity index (χ3n) is 2.68. The van der Waals surface area contributed by atoms with Crippen molar-refractivity contribution in [1.82, 2.24) is 0 Å². The topological polar surface area (TPSA) is 61.5 Å². The minimum Gasteiger partial charge on any atom is -0.870 e. The van der Waals surface area contributed by atoms with Crippen molar-refractivity contribution in [2.75, 3.05) is 26.2 Å². The maximum atomic E-state index is 2.27. The van der Waals surface area contributed by atoms with Crippen LogP contribution in [0.15, 0.2) is 0 Å². The quantitative estimate of drug-likeness (QED) is 0.448. The summed E-state index contributed by atoms with van der Waals surface area (Å²) in [5, 5.41) is 0. The lowest BCUT2D eigenvalue weighted by Gasteiger charge is -2.34. The van der Waals surface area contributed by atoms with E-state index in [0.717, 1.165) is 0 Å². The molecular weight excluding hydrogens is 169 g/mol. The summed E-state index contributed by atoms with van der Waals surface area (Å²) in [6.07, 6.45) is 0. The van der Waals surface area contributed by atoms with Gasteiger partial charge in [-0.05, 0) is 27.7 Å². The van der Waals surface area contributed by atoms with Crippen LogP contribution < -0.4 is 0 Å². The van der Waals surface area contributed by atoms with Crippen LogP contribution in [0.2, 0.25) is 0 Å². The van der Waals surface area contributed by atoms with E-state index in [4.69, 9.17) is 0 Å². The number of nitrogens with zero attached hydrogens (tertiary/aromatic N) is 1. The Bertz CT molecular complexity index is 59.9. The van der Waals surface area contributed by atoms with Gasteiger partial charge in [0.15, 0.2) is 17.4 Å². The molecule has 0 atom stereocenters. The minimum absolute atomic E-state index is 0. The van der Waals surface area contributed by atoms with Crippen molar-refractivity contribution in [3.63, 3.8) is 0 Å². The molecule has 0 aromatic carbocycles. The standard InChI is InChI=1S/C8H20N.Al.2H2O.3H/c1-5-9(6-2,7-3)8-4;;;;;;/h5-8H2,1-4H3;;2*1H2;;;/q+1;;;;;;/p-1.